The SMILES string of the molecule is CC1(C)CCSCC1Nc1ccccc1N1CCOCC1. The van der Waals surface area contributed by atoms with Crippen LogP contribution in [0.15, 0.2) is 24.3 Å². The van der Waals surface area contributed by atoms with Gasteiger partial charge in [0, 0.05) is 24.9 Å². The average Bonchev–Trinajstić information content (AvgIpc) is 2.51. The molecular formula is C17H26N2OS. The molecule has 2 aliphatic heterocycles. The number of nitrogens with one attached hydrogen (secondary N) is 1. The number of para-hydroxylation sites is 2. The van der Waals surface area contributed by atoms with Crippen molar-refractivity contribution in [1.29, 1.82) is 0 Å². The van der Waals surface area contributed by atoms with E-state index in [1.807, 2.05) is 0 Å². The topological polar surface area (TPSA) is 24.5 Å². The molecule has 0 bridgehead atoms. The maximum atomic E-state index is 5.48. The molecule has 2 aliphatic rings. The standard InChI is InChI=1S/C17H26N2OS/c1-17(2)7-12-21-13-16(17)18-14-5-3-4-6-15(14)19-8-10-20-11-9-19/h3-6,16,18H,7-13H2,1-2H3. The van der Waals surface area contributed by atoms with Crippen molar-refractivity contribution in [3.63, 3.8) is 0 Å². The fourth-order valence-electron chi connectivity index (χ4n) is 3.04. The summed E-state index contributed by atoms with van der Waals surface area (Å²) in [5, 5.41) is 3.83. The normalized spacial score (nSPS) is 25.6. The molecule has 1 N–H and O–H groups in total. The third-order valence-electron chi connectivity index (χ3n) is 4.70. The molecule has 0 amide bonds. The summed E-state index contributed by atoms with van der Waals surface area (Å²) in [5.74, 6) is 2.49. The Morgan fingerprint density at radius 1 is 1.24 bits per heavy atom. The van der Waals surface area contributed by atoms with Crippen LogP contribution >= 0.6 is 11.8 Å². The van der Waals surface area contributed by atoms with Crippen molar-refractivity contribution in [2.45, 2.75) is 26.3 Å². The zero-order chi connectivity index (χ0) is 14.7. The summed E-state index contributed by atoms with van der Waals surface area (Å²) in [6.45, 7) is 8.42. The summed E-state index contributed by atoms with van der Waals surface area (Å²) in [4.78, 5) is 2.44. The van der Waals surface area contributed by atoms with Crippen LogP contribution < -0.4 is 10.2 Å². The van der Waals surface area contributed by atoms with E-state index in [2.05, 4.69) is 60.1 Å². The fourth-order valence-corrected chi connectivity index (χ4v) is 4.64. The summed E-state index contributed by atoms with van der Waals surface area (Å²) in [5.41, 5.74) is 2.97. The Morgan fingerprint density at radius 3 is 2.76 bits per heavy atom. The fraction of sp³-hybridized carbons (Fsp3) is 0.647. The zero-order valence-corrected chi connectivity index (χ0v) is 13.9. The first-order valence-electron chi connectivity index (χ1n) is 7.93. The van der Waals surface area contributed by atoms with E-state index in [1.54, 1.807) is 0 Å². The minimum atomic E-state index is 0.364. The van der Waals surface area contributed by atoms with Crippen LogP contribution in [-0.2, 0) is 4.74 Å². The highest BCUT2D eigenvalue weighted by atomic mass is 32.2. The third kappa shape index (κ3) is 3.49. The van der Waals surface area contributed by atoms with Crippen molar-refractivity contribution >= 4 is 23.1 Å². The molecule has 0 spiro atoms. The average molecular weight is 306 g/mol. The van der Waals surface area contributed by atoms with Gasteiger partial charge in [-0.1, -0.05) is 26.0 Å². The molecule has 3 rings (SSSR count). The molecule has 1 atom stereocenters. The van der Waals surface area contributed by atoms with Gasteiger partial charge < -0.3 is 15.0 Å². The molecule has 116 valence electrons. The van der Waals surface area contributed by atoms with E-state index in [-0.39, 0.29) is 0 Å². The van der Waals surface area contributed by atoms with Crippen molar-refractivity contribution in [1.82, 2.24) is 0 Å². The molecule has 1 aromatic rings. The summed E-state index contributed by atoms with van der Waals surface area (Å²) in [6.07, 6.45) is 1.29. The van der Waals surface area contributed by atoms with Crippen molar-refractivity contribution < 1.29 is 4.74 Å². The lowest BCUT2D eigenvalue weighted by atomic mass is 9.82. The largest absolute Gasteiger partial charge is 0.379 e. The van der Waals surface area contributed by atoms with Gasteiger partial charge in [0.1, 0.15) is 0 Å². The van der Waals surface area contributed by atoms with E-state index in [9.17, 15) is 0 Å². The number of benzene rings is 1. The number of thioether (sulfide) groups is 1. The molecule has 0 saturated carbocycles. The Balaban J connectivity index is 1.78. The highest BCUT2D eigenvalue weighted by molar-refractivity contribution is 7.99. The molecule has 1 aromatic carbocycles. The maximum Gasteiger partial charge on any atom is 0.0642 e. The quantitative estimate of drug-likeness (QED) is 0.924. The van der Waals surface area contributed by atoms with Crippen LogP contribution in [0.5, 0.6) is 0 Å². The molecule has 21 heavy (non-hydrogen) atoms. The molecular weight excluding hydrogens is 280 g/mol. The second-order valence-corrected chi connectivity index (χ2v) is 7.78. The van der Waals surface area contributed by atoms with E-state index in [0.29, 0.717) is 11.5 Å². The van der Waals surface area contributed by atoms with E-state index in [4.69, 9.17) is 4.74 Å². The number of hydrogen-bond acceptors (Lipinski definition) is 4. The molecule has 1 unspecified atom stereocenters. The predicted molar refractivity (Wildman–Crippen MR) is 92.6 cm³/mol. The first-order valence-corrected chi connectivity index (χ1v) is 9.08. The van der Waals surface area contributed by atoms with Crippen LogP contribution in [0, 0.1) is 5.41 Å². The van der Waals surface area contributed by atoms with Crippen LogP contribution in [0.1, 0.15) is 20.3 Å². The first-order chi connectivity index (χ1) is 10.2. The summed E-state index contributed by atoms with van der Waals surface area (Å²) < 4.78 is 5.48. The first kappa shape index (κ1) is 15.0. The summed E-state index contributed by atoms with van der Waals surface area (Å²) >= 11 is 2.07. The van der Waals surface area contributed by atoms with Gasteiger partial charge in [-0.3, -0.25) is 0 Å². The Hall–Kier alpha value is -0.870. The Labute approximate surface area is 132 Å². The van der Waals surface area contributed by atoms with Crippen LogP contribution in [-0.4, -0.2) is 43.9 Å². The minimum absolute atomic E-state index is 0.364. The van der Waals surface area contributed by atoms with Gasteiger partial charge in [0.2, 0.25) is 0 Å². The predicted octanol–water partition coefficient (Wildman–Crippen LogP) is 3.47. The number of morpholine rings is 1. The van der Waals surface area contributed by atoms with Crippen LogP contribution in [0.3, 0.4) is 0 Å². The van der Waals surface area contributed by atoms with Crippen molar-refractivity contribution in [2.75, 3.05) is 48.0 Å². The minimum Gasteiger partial charge on any atom is -0.379 e. The lowest BCUT2D eigenvalue weighted by molar-refractivity contribution is 0.123. The van der Waals surface area contributed by atoms with Gasteiger partial charge in [-0.2, -0.15) is 11.8 Å². The van der Waals surface area contributed by atoms with Gasteiger partial charge in [0.25, 0.3) is 0 Å². The van der Waals surface area contributed by atoms with Crippen molar-refractivity contribution in [3.8, 4) is 0 Å². The second kappa shape index (κ2) is 6.49. The molecule has 0 aliphatic carbocycles. The number of hydrogen-bond donors (Lipinski definition) is 1. The summed E-state index contributed by atoms with van der Waals surface area (Å²) in [6, 6.07) is 9.27. The molecule has 2 fully saturated rings. The van der Waals surface area contributed by atoms with Gasteiger partial charge in [-0.25, -0.2) is 0 Å². The highest BCUT2D eigenvalue weighted by Crippen LogP contribution is 2.37. The Bertz CT molecular complexity index is 472. The molecule has 4 heteroatoms. The highest BCUT2D eigenvalue weighted by Gasteiger charge is 2.33. The molecule has 0 aromatic heterocycles. The lowest BCUT2D eigenvalue weighted by Gasteiger charge is -2.40. The number of anilines is 2. The third-order valence-corrected chi connectivity index (χ3v) is 5.77. The van der Waals surface area contributed by atoms with Crippen LogP contribution in [0.2, 0.25) is 0 Å². The smallest absolute Gasteiger partial charge is 0.0642 e. The van der Waals surface area contributed by atoms with Gasteiger partial charge in [0.15, 0.2) is 0 Å². The number of nitrogens with zero attached hydrogens (tertiary/aromatic N) is 1. The monoisotopic (exact) mass is 306 g/mol. The molecule has 2 saturated heterocycles. The van der Waals surface area contributed by atoms with E-state index < -0.39 is 0 Å². The zero-order valence-electron chi connectivity index (χ0n) is 13.1. The molecule has 2 heterocycles. The van der Waals surface area contributed by atoms with Gasteiger partial charge >= 0.3 is 0 Å². The summed E-state index contributed by atoms with van der Waals surface area (Å²) in [7, 11) is 0. The van der Waals surface area contributed by atoms with Crippen molar-refractivity contribution in [3.05, 3.63) is 24.3 Å². The van der Waals surface area contributed by atoms with Gasteiger partial charge in [-0.15, -0.1) is 0 Å². The lowest BCUT2D eigenvalue weighted by Crippen LogP contribution is -2.42. The Morgan fingerprint density at radius 2 is 2.00 bits per heavy atom. The van der Waals surface area contributed by atoms with Crippen molar-refractivity contribution in [2.24, 2.45) is 5.41 Å². The number of rotatable bonds is 3. The van der Waals surface area contributed by atoms with E-state index >= 15 is 0 Å². The van der Waals surface area contributed by atoms with Gasteiger partial charge in [-0.05, 0) is 29.7 Å². The molecule has 3 nitrogen and oxygen atoms in total. The molecule has 0 radical (unpaired) electrons. The van der Waals surface area contributed by atoms with Crippen LogP contribution in [0.25, 0.3) is 0 Å². The van der Waals surface area contributed by atoms with E-state index in [0.717, 1.165) is 26.3 Å². The van der Waals surface area contributed by atoms with Crippen LogP contribution in [0.4, 0.5) is 11.4 Å². The number of ether oxygens (including phenoxy) is 1. The van der Waals surface area contributed by atoms with E-state index in [1.165, 1.54) is 29.3 Å². The Kier molecular flexibility index (Phi) is 4.65. The van der Waals surface area contributed by atoms with Gasteiger partial charge in [0.05, 0.1) is 24.6 Å². The second-order valence-electron chi connectivity index (χ2n) is 6.63. The maximum absolute atomic E-state index is 5.48.